The van der Waals surface area contributed by atoms with Crippen LogP contribution in [0, 0.1) is 35.5 Å². The van der Waals surface area contributed by atoms with Crippen molar-refractivity contribution >= 4 is 28.4 Å². The van der Waals surface area contributed by atoms with Gasteiger partial charge in [-0.15, -0.1) is 0 Å². The largest absolute Gasteiger partial charge is 0.328 e. The number of H-pyrrole nitrogens is 1. The van der Waals surface area contributed by atoms with Crippen LogP contribution >= 0.6 is 0 Å². The number of hydrogen-bond acceptors (Lipinski definition) is 7. The van der Waals surface area contributed by atoms with Crippen LogP contribution in [0.3, 0.4) is 0 Å². The number of aryl methyl sites for hydroxylation is 1. The number of imidazole rings is 1. The van der Waals surface area contributed by atoms with Crippen LogP contribution in [0.15, 0.2) is 29.6 Å². The average molecular weight is 441 g/mol. The second-order valence-electron chi connectivity index (χ2n) is 10.3. The van der Waals surface area contributed by atoms with E-state index < -0.39 is 0 Å². The number of nitriles is 1. The highest BCUT2D eigenvalue weighted by atomic mass is 16.1. The summed E-state index contributed by atoms with van der Waals surface area (Å²) in [6.45, 7) is 1.98. The van der Waals surface area contributed by atoms with Gasteiger partial charge in [0.2, 0.25) is 5.95 Å². The summed E-state index contributed by atoms with van der Waals surface area (Å²) in [4.78, 5) is 29.6. The van der Waals surface area contributed by atoms with Gasteiger partial charge in [-0.25, -0.2) is 19.3 Å². The molecular formula is C23H23N9O. The lowest BCUT2D eigenvalue weighted by Crippen LogP contribution is -2.58. The van der Waals surface area contributed by atoms with Crippen molar-refractivity contribution in [3.05, 3.63) is 40.8 Å². The molecule has 0 saturated heterocycles. The van der Waals surface area contributed by atoms with E-state index in [0.717, 1.165) is 49.0 Å². The van der Waals surface area contributed by atoms with E-state index in [9.17, 15) is 10.1 Å². The molecule has 2 N–H and O–H groups in total. The van der Waals surface area contributed by atoms with E-state index in [1.165, 1.54) is 12.7 Å². The zero-order valence-electron chi connectivity index (χ0n) is 18.2. The maximum atomic E-state index is 13.2. The molecule has 166 valence electrons. The van der Waals surface area contributed by atoms with Crippen LogP contribution in [0.1, 0.15) is 44.1 Å². The molecule has 4 fully saturated rings. The van der Waals surface area contributed by atoms with Gasteiger partial charge in [0.05, 0.1) is 35.1 Å². The van der Waals surface area contributed by atoms with Crippen molar-refractivity contribution in [2.75, 3.05) is 5.32 Å². The molecule has 4 aliphatic rings. The summed E-state index contributed by atoms with van der Waals surface area (Å²) < 4.78 is 3.54. The first-order valence-electron chi connectivity index (χ1n) is 11.4. The molecule has 10 nitrogen and oxygen atoms in total. The summed E-state index contributed by atoms with van der Waals surface area (Å²) in [6, 6.07) is 4.58. The number of fused-ring (bicyclic) bond motifs is 2. The Morgan fingerprint density at radius 2 is 2.06 bits per heavy atom. The van der Waals surface area contributed by atoms with Crippen LogP contribution in [0.2, 0.25) is 0 Å². The molecule has 4 aromatic heterocycles. The van der Waals surface area contributed by atoms with Gasteiger partial charge in [-0.3, -0.25) is 4.57 Å². The smallest absolute Gasteiger partial charge is 0.323 e. The predicted molar refractivity (Wildman–Crippen MR) is 120 cm³/mol. The second-order valence-corrected chi connectivity index (χ2v) is 10.3. The highest BCUT2D eigenvalue weighted by Gasteiger charge is 2.59. The Bertz CT molecular complexity index is 1520. The van der Waals surface area contributed by atoms with Crippen LogP contribution in [-0.4, -0.2) is 34.1 Å². The fraction of sp³-hybridized carbons (Fsp3) is 0.478. The summed E-state index contributed by atoms with van der Waals surface area (Å²) >= 11 is 0. The van der Waals surface area contributed by atoms with E-state index in [4.69, 9.17) is 4.98 Å². The third kappa shape index (κ3) is 2.62. The van der Waals surface area contributed by atoms with Crippen molar-refractivity contribution in [2.24, 2.45) is 17.3 Å². The maximum Gasteiger partial charge on any atom is 0.328 e. The summed E-state index contributed by atoms with van der Waals surface area (Å²) in [5, 5.41) is 17.5. The third-order valence-corrected chi connectivity index (χ3v) is 8.04. The number of rotatable bonds is 3. The number of pyridine rings is 1. The number of nitrogens with zero attached hydrogens (tertiary/aromatic N) is 7. The third-order valence-electron chi connectivity index (χ3n) is 8.04. The van der Waals surface area contributed by atoms with Gasteiger partial charge in [0.1, 0.15) is 11.8 Å². The zero-order chi connectivity index (χ0) is 22.4. The van der Waals surface area contributed by atoms with Gasteiger partial charge < -0.3 is 10.3 Å². The van der Waals surface area contributed by atoms with E-state index in [-0.39, 0.29) is 16.6 Å². The minimum Gasteiger partial charge on any atom is -0.323 e. The summed E-state index contributed by atoms with van der Waals surface area (Å²) in [7, 11) is 0. The second kappa shape index (κ2) is 6.19. The van der Waals surface area contributed by atoms with Gasteiger partial charge in [-0.1, -0.05) is 0 Å². The lowest BCUT2D eigenvalue weighted by Gasteiger charge is -2.59. The highest BCUT2D eigenvalue weighted by Crippen LogP contribution is 2.64. The maximum absolute atomic E-state index is 13.2. The van der Waals surface area contributed by atoms with Crippen molar-refractivity contribution in [3.63, 3.8) is 0 Å². The van der Waals surface area contributed by atoms with Crippen LogP contribution in [0.5, 0.6) is 0 Å². The molecule has 4 heterocycles. The van der Waals surface area contributed by atoms with Crippen molar-refractivity contribution in [2.45, 2.75) is 51.0 Å². The van der Waals surface area contributed by atoms with E-state index in [1.54, 1.807) is 10.7 Å². The molecule has 4 bridgehead atoms. The molecule has 0 aromatic carbocycles. The fourth-order valence-corrected chi connectivity index (χ4v) is 7.21. The summed E-state index contributed by atoms with van der Waals surface area (Å²) in [5.41, 5.74) is 2.97. The standard InChI is InChI=1S/C23H23N9O/c1-13-2-18-26-12-27-31(18)9-17(13)28-20-25-8-16-19(30-20)32(21(33)29-16)23-6-14-3-15(7-23)5-22(4-14,10-23)11-24/h2,8-9,12,14-15H,3-7,10H2,1H3,(H,29,33)(H,25,28,30)/t14-,15?,22?,23?/m0/s1. The van der Waals surface area contributed by atoms with Crippen LogP contribution in [0.4, 0.5) is 11.6 Å². The Morgan fingerprint density at radius 1 is 1.24 bits per heavy atom. The molecule has 4 saturated carbocycles. The highest BCUT2D eigenvalue weighted by molar-refractivity contribution is 5.73. The SMILES string of the molecule is Cc1cc2ncnn2cc1Nc1ncc2[nH]c(=O)n(C34CC5C[C@@H](CC(C#N)(C5)C3)C4)c2n1. The molecule has 8 rings (SSSR count). The first-order chi connectivity index (χ1) is 16.0. The average Bonchev–Trinajstić information content (AvgIpc) is 3.35. The minimum atomic E-state index is -0.351. The molecule has 0 aliphatic heterocycles. The van der Waals surface area contributed by atoms with Gasteiger partial charge in [0.15, 0.2) is 11.3 Å². The fourth-order valence-electron chi connectivity index (χ4n) is 7.21. The Balaban J connectivity index is 1.34. The van der Waals surface area contributed by atoms with Gasteiger partial charge >= 0.3 is 5.69 Å². The van der Waals surface area contributed by atoms with Crippen molar-refractivity contribution in [1.29, 1.82) is 5.26 Å². The van der Waals surface area contributed by atoms with Gasteiger partial charge in [-0.05, 0) is 68.9 Å². The molecule has 10 heteroatoms. The van der Waals surface area contributed by atoms with Crippen LogP contribution < -0.4 is 11.0 Å². The molecule has 4 aliphatic carbocycles. The van der Waals surface area contributed by atoms with Gasteiger partial charge in [-0.2, -0.15) is 15.3 Å². The Morgan fingerprint density at radius 3 is 2.85 bits per heavy atom. The van der Waals surface area contributed by atoms with Gasteiger partial charge in [0, 0.05) is 0 Å². The first-order valence-corrected chi connectivity index (χ1v) is 11.4. The van der Waals surface area contributed by atoms with Gasteiger partial charge in [0.25, 0.3) is 0 Å². The lowest BCUT2D eigenvalue weighted by atomic mass is 9.47. The van der Waals surface area contributed by atoms with Crippen molar-refractivity contribution in [1.82, 2.24) is 34.1 Å². The molecule has 0 radical (unpaired) electrons. The zero-order valence-corrected chi connectivity index (χ0v) is 18.2. The molecule has 4 aromatic rings. The number of nitrogens with one attached hydrogen (secondary N) is 2. The summed E-state index contributed by atoms with van der Waals surface area (Å²) in [5.74, 6) is 1.41. The monoisotopic (exact) mass is 441 g/mol. The topological polar surface area (TPSA) is 130 Å². The molecular weight excluding hydrogens is 418 g/mol. The number of hydrogen-bond donors (Lipinski definition) is 2. The van der Waals surface area contributed by atoms with Crippen molar-refractivity contribution < 1.29 is 0 Å². The molecule has 0 spiro atoms. The van der Waals surface area contributed by atoms with Crippen LogP contribution in [0.25, 0.3) is 16.8 Å². The van der Waals surface area contributed by atoms with E-state index in [2.05, 4.69) is 31.4 Å². The Hall–Kier alpha value is -3.74. The summed E-state index contributed by atoms with van der Waals surface area (Å²) in [6.07, 6.45) is 10.7. The normalized spacial score (nSPS) is 30.2. The molecule has 0 amide bonds. The lowest BCUT2D eigenvalue weighted by molar-refractivity contribution is -0.0743. The predicted octanol–water partition coefficient (Wildman–Crippen LogP) is 3.03. The van der Waals surface area contributed by atoms with E-state index in [0.29, 0.717) is 28.9 Å². The Kier molecular flexibility index (Phi) is 3.52. The molecule has 4 atom stereocenters. The first kappa shape index (κ1) is 18.8. The van der Waals surface area contributed by atoms with E-state index >= 15 is 0 Å². The molecule has 3 unspecified atom stereocenters. The molecule has 33 heavy (non-hydrogen) atoms. The number of anilines is 2. The number of aromatic nitrogens is 7. The number of aromatic amines is 1. The quantitative estimate of drug-likeness (QED) is 0.500. The minimum absolute atomic E-state index is 0.160. The van der Waals surface area contributed by atoms with E-state index in [1.807, 2.05) is 23.8 Å². The van der Waals surface area contributed by atoms with Crippen LogP contribution in [-0.2, 0) is 5.54 Å². The van der Waals surface area contributed by atoms with Crippen molar-refractivity contribution in [3.8, 4) is 6.07 Å². The Labute approximate surface area is 188 Å².